The van der Waals surface area contributed by atoms with Crippen LogP contribution >= 0.6 is 0 Å². The van der Waals surface area contributed by atoms with E-state index in [0.29, 0.717) is 36.8 Å². The Bertz CT molecular complexity index is 838. The van der Waals surface area contributed by atoms with Gasteiger partial charge in [0.1, 0.15) is 12.3 Å². The van der Waals surface area contributed by atoms with Gasteiger partial charge in [0.05, 0.1) is 24.5 Å². The Labute approximate surface area is 171 Å². The Morgan fingerprint density at radius 1 is 1.10 bits per heavy atom. The van der Waals surface area contributed by atoms with Gasteiger partial charge < -0.3 is 19.7 Å². The number of nitrogens with zero attached hydrogens (tertiary/aromatic N) is 1. The summed E-state index contributed by atoms with van der Waals surface area (Å²) >= 11 is 0. The lowest BCUT2D eigenvalue weighted by Gasteiger charge is -2.31. The fraction of sp³-hybridized carbons (Fsp3) is 0.500. The molecule has 0 spiro atoms. The number of ketones is 1. The van der Waals surface area contributed by atoms with Crippen molar-refractivity contribution in [1.29, 1.82) is 0 Å². The summed E-state index contributed by atoms with van der Waals surface area (Å²) in [6.45, 7) is 8.14. The summed E-state index contributed by atoms with van der Waals surface area (Å²) < 4.78 is 11.2. The smallest absolute Gasteiger partial charge is 0.325 e. The number of allylic oxidation sites excluding steroid dienone is 2. The predicted molar refractivity (Wildman–Crippen MR) is 110 cm³/mol. The lowest BCUT2D eigenvalue weighted by molar-refractivity contribution is -0.135. The molecule has 7 heteroatoms. The molecule has 1 aromatic carbocycles. The maximum absolute atomic E-state index is 12.7. The van der Waals surface area contributed by atoms with Gasteiger partial charge in [0.2, 0.25) is 0 Å². The molecule has 1 fully saturated rings. The number of carboxylic acids is 1. The summed E-state index contributed by atoms with van der Waals surface area (Å²) in [6, 6.07) is 5.35. The summed E-state index contributed by atoms with van der Waals surface area (Å²) in [6.07, 6.45) is 0.810. The first kappa shape index (κ1) is 22.5. The Morgan fingerprint density at radius 3 is 2.38 bits per heavy atom. The number of ether oxygens (including phenoxy) is 2. The van der Waals surface area contributed by atoms with Crippen LogP contribution in [0.2, 0.25) is 0 Å². The molecule has 0 radical (unpaired) electrons. The van der Waals surface area contributed by atoms with E-state index in [1.807, 2.05) is 27.7 Å². The van der Waals surface area contributed by atoms with Crippen molar-refractivity contribution in [2.45, 2.75) is 47.0 Å². The van der Waals surface area contributed by atoms with Crippen LogP contribution in [0, 0.1) is 5.41 Å². The summed E-state index contributed by atoms with van der Waals surface area (Å²) in [5.41, 5.74) is 0.899. The van der Waals surface area contributed by atoms with Gasteiger partial charge in [-0.25, -0.2) is 0 Å². The molecule has 0 heterocycles. The number of rotatable bonds is 8. The van der Waals surface area contributed by atoms with Crippen molar-refractivity contribution >= 4 is 17.5 Å². The lowest BCUT2D eigenvalue weighted by atomic mass is 9.73. The van der Waals surface area contributed by atoms with Crippen LogP contribution in [0.4, 0.5) is 0 Å². The normalized spacial score (nSPS) is 19.2. The highest BCUT2D eigenvalue weighted by molar-refractivity contribution is 6.24. The van der Waals surface area contributed by atoms with E-state index in [2.05, 4.69) is 4.99 Å². The zero-order chi connectivity index (χ0) is 21.6. The molecule has 0 aromatic heterocycles. The first-order valence-corrected chi connectivity index (χ1v) is 9.76. The van der Waals surface area contributed by atoms with E-state index in [9.17, 15) is 14.7 Å². The van der Waals surface area contributed by atoms with E-state index in [0.717, 1.165) is 5.56 Å². The fourth-order valence-corrected chi connectivity index (χ4v) is 3.40. The average Bonchev–Trinajstić information content (AvgIpc) is 2.61. The Kier molecular flexibility index (Phi) is 7.42. The number of Topliss-reactive ketones (excluding diaryl/α,β-unsaturated/α-hetero) is 1. The highest BCUT2D eigenvalue weighted by atomic mass is 16.5. The van der Waals surface area contributed by atoms with Crippen molar-refractivity contribution in [2.24, 2.45) is 10.4 Å². The number of carboxylic acid groups (broad SMARTS) is 1. The van der Waals surface area contributed by atoms with Crippen LogP contribution in [0.25, 0.3) is 0 Å². The first-order chi connectivity index (χ1) is 13.7. The monoisotopic (exact) mass is 403 g/mol. The van der Waals surface area contributed by atoms with Gasteiger partial charge in [-0.15, -0.1) is 0 Å². The van der Waals surface area contributed by atoms with Crippen LogP contribution in [0.5, 0.6) is 11.5 Å². The quantitative estimate of drug-likeness (QED) is 0.506. The molecule has 0 aliphatic heterocycles. The number of aliphatic hydroxyl groups is 1. The van der Waals surface area contributed by atoms with Crippen molar-refractivity contribution in [3.8, 4) is 11.5 Å². The molecule has 0 bridgehead atoms. The number of benzene rings is 1. The number of hydrogen-bond donors (Lipinski definition) is 2. The summed E-state index contributed by atoms with van der Waals surface area (Å²) in [4.78, 5) is 27.7. The van der Waals surface area contributed by atoms with E-state index >= 15 is 0 Å². The first-order valence-electron chi connectivity index (χ1n) is 9.76. The SMILES string of the molecule is CCOc1ccc(CC(O)=C2C(=O)CC(C)(C)CC2=NCC(=O)O)cc1OCC. The van der Waals surface area contributed by atoms with Crippen molar-refractivity contribution in [3.63, 3.8) is 0 Å². The Balaban J connectivity index is 2.39. The maximum atomic E-state index is 12.7. The average molecular weight is 403 g/mol. The molecular weight excluding hydrogens is 374 g/mol. The van der Waals surface area contributed by atoms with Crippen molar-refractivity contribution < 1.29 is 29.3 Å². The number of carbonyl (C=O) groups excluding carboxylic acids is 1. The zero-order valence-corrected chi connectivity index (χ0v) is 17.4. The molecule has 0 saturated heterocycles. The Hall–Kier alpha value is -2.83. The van der Waals surface area contributed by atoms with E-state index < -0.39 is 12.5 Å². The lowest BCUT2D eigenvalue weighted by Crippen LogP contribution is -2.33. The van der Waals surface area contributed by atoms with Crippen LogP contribution in [0.3, 0.4) is 0 Å². The molecule has 2 rings (SSSR count). The molecule has 158 valence electrons. The van der Waals surface area contributed by atoms with Crippen LogP contribution < -0.4 is 9.47 Å². The largest absolute Gasteiger partial charge is 0.511 e. The summed E-state index contributed by atoms with van der Waals surface area (Å²) in [5.74, 6) is -0.231. The van der Waals surface area contributed by atoms with E-state index in [1.54, 1.807) is 18.2 Å². The van der Waals surface area contributed by atoms with Crippen molar-refractivity contribution in [1.82, 2.24) is 0 Å². The maximum Gasteiger partial charge on any atom is 0.325 e. The second kappa shape index (κ2) is 9.58. The highest BCUT2D eigenvalue weighted by Crippen LogP contribution is 2.36. The molecule has 7 nitrogen and oxygen atoms in total. The number of aliphatic carboxylic acids is 1. The van der Waals surface area contributed by atoms with Gasteiger partial charge in [-0.05, 0) is 43.4 Å². The van der Waals surface area contributed by atoms with Crippen LogP contribution in [0.1, 0.15) is 46.1 Å². The molecule has 2 N–H and O–H groups in total. The third-order valence-electron chi connectivity index (χ3n) is 4.53. The Morgan fingerprint density at radius 2 is 1.76 bits per heavy atom. The predicted octanol–water partition coefficient (Wildman–Crippen LogP) is 3.75. The van der Waals surface area contributed by atoms with E-state index in [-0.39, 0.29) is 35.4 Å². The minimum atomic E-state index is -1.08. The van der Waals surface area contributed by atoms with Crippen LogP contribution in [-0.2, 0) is 16.0 Å². The molecular formula is C22H29NO6. The van der Waals surface area contributed by atoms with Gasteiger partial charge >= 0.3 is 5.97 Å². The van der Waals surface area contributed by atoms with Gasteiger partial charge in [-0.1, -0.05) is 19.9 Å². The molecule has 1 saturated carbocycles. The van der Waals surface area contributed by atoms with Gasteiger partial charge in [-0.2, -0.15) is 0 Å². The minimum absolute atomic E-state index is 0.110. The van der Waals surface area contributed by atoms with Gasteiger partial charge in [0.25, 0.3) is 0 Å². The summed E-state index contributed by atoms with van der Waals surface area (Å²) in [7, 11) is 0. The number of aliphatic imine (C=N–C) groups is 1. The van der Waals surface area contributed by atoms with Crippen molar-refractivity contribution in [2.75, 3.05) is 19.8 Å². The number of aliphatic hydroxyl groups excluding tert-OH is 1. The zero-order valence-electron chi connectivity index (χ0n) is 17.4. The van der Waals surface area contributed by atoms with E-state index in [1.165, 1.54) is 0 Å². The molecule has 0 atom stereocenters. The van der Waals surface area contributed by atoms with Crippen LogP contribution in [0.15, 0.2) is 34.5 Å². The molecule has 1 aliphatic carbocycles. The third kappa shape index (κ3) is 6.07. The minimum Gasteiger partial charge on any atom is -0.511 e. The molecule has 29 heavy (non-hydrogen) atoms. The second-order valence-electron chi connectivity index (χ2n) is 7.74. The van der Waals surface area contributed by atoms with Crippen molar-refractivity contribution in [3.05, 3.63) is 35.1 Å². The third-order valence-corrected chi connectivity index (χ3v) is 4.53. The molecule has 1 aromatic rings. The molecule has 0 amide bonds. The highest BCUT2D eigenvalue weighted by Gasteiger charge is 2.36. The van der Waals surface area contributed by atoms with Gasteiger partial charge in [-0.3, -0.25) is 14.6 Å². The molecule has 0 unspecified atom stereocenters. The number of hydrogen-bond acceptors (Lipinski definition) is 6. The standard InChI is InChI=1S/C22H29NO6/c1-5-28-18-8-7-14(10-19(18)29-6-2)9-16(24)21-15(23-13-20(26)27)11-22(3,4)12-17(21)25/h7-8,10,24H,5-6,9,11-13H2,1-4H3,(H,26,27). The summed E-state index contributed by atoms with van der Waals surface area (Å²) in [5, 5.41) is 19.7. The van der Waals surface area contributed by atoms with Gasteiger partial charge in [0.15, 0.2) is 17.3 Å². The fourth-order valence-electron chi connectivity index (χ4n) is 3.40. The van der Waals surface area contributed by atoms with E-state index in [4.69, 9.17) is 14.6 Å². The molecule has 1 aliphatic rings. The van der Waals surface area contributed by atoms with Crippen LogP contribution in [-0.4, -0.2) is 47.4 Å². The second-order valence-corrected chi connectivity index (χ2v) is 7.74. The van der Waals surface area contributed by atoms with Gasteiger partial charge in [0, 0.05) is 12.8 Å². The topological polar surface area (TPSA) is 105 Å². The number of carbonyl (C=O) groups is 2.